The quantitative estimate of drug-likeness (QED) is 0.834. The Morgan fingerprint density at radius 1 is 1.35 bits per heavy atom. The van der Waals surface area contributed by atoms with Crippen molar-refractivity contribution in [2.24, 2.45) is 12.5 Å². The molecule has 0 radical (unpaired) electrons. The molecule has 0 bridgehead atoms. The van der Waals surface area contributed by atoms with Gasteiger partial charge in [-0.15, -0.1) is 0 Å². The zero-order chi connectivity index (χ0) is 14.6. The normalized spacial score (nSPS) is 18.4. The molecule has 0 unspecified atom stereocenters. The highest BCUT2D eigenvalue weighted by Crippen LogP contribution is 2.35. The van der Waals surface area contributed by atoms with Crippen LogP contribution >= 0.6 is 15.9 Å². The van der Waals surface area contributed by atoms with Crippen LogP contribution in [0.3, 0.4) is 0 Å². The molecular weight excluding hydrogens is 318 g/mol. The Hall–Kier alpha value is -0.390. The molecule has 4 nitrogen and oxygen atoms in total. The molecule has 1 fully saturated rings. The van der Waals surface area contributed by atoms with Crippen LogP contribution in [0.4, 0.5) is 0 Å². The van der Waals surface area contributed by atoms with E-state index in [0.717, 1.165) is 42.5 Å². The van der Waals surface area contributed by atoms with E-state index >= 15 is 0 Å². The molecule has 2 N–H and O–H groups in total. The summed E-state index contributed by atoms with van der Waals surface area (Å²) in [5.74, 6) is 0. The number of aliphatic hydroxyl groups excluding tert-OH is 1. The molecule has 1 aliphatic rings. The number of rotatable bonds is 6. The van der Waals surface area contributed by atoms with E-state index in [4.69, 9.17) is 0 Å². The van der Waals surface area contributed by atoms with E-state index < -0.39 is 0 Å². The van der Waals surface area contributed by atoms with Crippen molar-refractivity contribution < 1.29 is 5.11 Å². The summed E-state index contributed by atoms with van der Waals surface area (Å²) in [5, 5.41) is 17.8. The van der Waals surface area contributed by atoms with Crippen molar-refractivity contribution in [1.29, 1.82) is 0 Å². The number of hydrogen-bond donors (Lipinski definition) is 2. The highest BCUT2D eigenvalue weighted by atomic mass is 79.9. The van der Waals surface area contributed by atoms with Crippen molar-refractivity contribution in [1.82, 2.24) is 15.1 Å². The average Bonchev–Trinajstić information content (AvgIpc) is 2.75. The van der Waals surface area contributed by atoms with E-state index in [1.807, 2.05) is 11.7 Å². The number of aromatic nitrogens is 2. The summed E-state index contributed by atoms with van der Waals surface area (Å²) < 4.78 is 3.07. The monoisotopic (exact) mass is 343 g/mol. The highest BCUT2D eigenvalue weighted by molar-refractivity contribution is 9.10. The van der Waals surface area contributed by atoms with Gasteiger partial charge in [0.15, 0.2) is 0 Å². The largest absolute Gasteiger partial charge is 0.396 e. The van der Waals surface area contributed by atoms with Crippen molar-refractivity contribution in [3.05, 3.63) is 15.9 Å². The molecule has 1 aromatic rings. The van der Waals surface area contributed by atoms with Gasteiger partial charge in [-0.3, -0.25) is 4.68 Å². The number of aliphatic hydroxyl groups is 1. The lowest BCUT2D eigenvalue weighted by Gasteiger charge is -2.35. The van der Waals surface area contributed by atoms with Crippen molar-refractivity contribution in [2.45, 2.75) is 52.0 Å². The Balaban J connectivity index is 1.93. The summed E-state index contributed by atoms with van der Waals surface area (Å²) in [5.41, 5.74) is 2.39. The summed E-state index contributed by atoms with van der Waals surface area (Å²) in [6.45, 7) is 4.11. The van der Waals surface area contributed by atoms with Gasteiger partial charge in [0, 0.05) is 32.2 Å². The topological polar surface area (TPSA) is 50.1 Å². The maximum absolute atomic E-state index is 9.72. The molecule has 0 spiro atoms. The van der Waals surface area contributed by atoms with Crippen LogP contribution in [0, 0.1) is 5.41 Å². The van der Waals surface area contributed by atoms with Crippen LogP contribution in [0.15, 0.2) is 4.47 Å². The molecule has 20 heavy (non-hydrogen) atoms. The molecule has 0 saturated heterocycles. The zero-order valence-corrected chi connectivity index (χ0v) is 14.2. The Bertz CT molecular complexity index is 439. The summed E-state index contributed by atoms with van der Waals surface area (Å²) in [6.07, 6.45) is 7.03. The van der Waals surface area contributed by atoms with E-state index in [1.54, 1.807) is 0 Å². The third kappa shape index (κ3) is 3.43. The molecule has 114 valence electrons. The van der Waals surface area contributed by atoms with Crippen molar-refractivity contribution >= 4 is 15.9 Å². The second kappa shape index (κ2) is 7.05. The first kappa shape index (κ1) is 16.0. The maximum Gasteiger partial charge on any atom is 0.0767 e. The lowest BCUT2D eigenvalue weighted by Crippen LogP contribution is -2.39. The molecule has 0 aliphatic heterocycles. The molecule has 5 heteroatoms. The predicted octanol–water partition coefficient (Wildman–Crippen LogP) is 2.78. The molecule has 1 aliphatic carbocycles. The molecule has 1 heterocycles. The van der Waals surface area contributed by atoms with Gasteiger partial charge in [-0.1, -0.05) is 26.2 Å². The van der Waals surface area contributed by atoms with Crippen LogP contribution in [-0.4, -0.2) is 28.0 Å². The van der Waals surface area contributed by atoms with E-state index in [9.17, 15) is 5.11 Å². The fraction of sp³-hybridized carbons (Fsp3) is 0.800. The smallest absolute Gasteiger partial charge is 0.0767 e. The number of nitrogens with one attached hydrogen (secondary N) is 1. The first-order valence-corrected chi connectivity index (χ1v) is 8.43. The van der Waals surface area contributed by atoms with Crippen LogP contribution in [-0.2, 0) is 20.0 Å². The minimum atomic E-state index is 0.0942. The lowest BCUT2D eigenvalue weighted by molar-refractivity contribution is 0.0809. The van der Waals surface area contributed by atoms with Crippen LogP contribution < -0.4 is 5.32 Å². The Labute approximate surface area is 130 Å². The second-order valence-corrected chi connectivity index (χ2v) is 6.80. The zero-order valence-electron chi connectivity index (χ0n) is 12.6. The van der Waals surface area contributed by atoms with Crippen molar-refractivity contribution in [3.63, 3.8) is 0 Å². The Morgan fingerprint density at radius 2 is 2.05 bits per heavy atom. The fourth-order valence-corrected chi connectivity index (χ4v) is 3.91. The number of hydrogen-bond acceptors (Lipinski definition) is 3. The highest BCUT2D eigenvalue weighted by Gasteiger charge is 2.31. The van der Waals surface area contributed by atoms with Gasteiger partial charge in [0.1, 0.15) is 0 Å². The van der Waals surface area contributed by atoms with E-state index in [1.165, 1.54) is 25.0 Å². The second-order valence-electron chi connectivity index (χ2n) is 6.01. The number of aryl methyl sites for hydroxylation is 2. The Morgan fingerprint density at radius 3 is 2.60 bits per heavy atom. The lowest BCUT2D eigenvalue weighted by atomic mass is 9.74. The Kier molecular flexibility index (Phi) is 5.64. The summed E-state index contributed by atoms with van der Waals surface area (Å²) >= 11 is 3.65. The minimum Gasteiger partial charge on any atom is -0.396 e. The number of halogens is 1. The fourth-order valence-electron chi connectivity index (χ4n) is 3.15. The maximum atomic E-state index is 9.72. The molecule has 2 rings (SSSR count). The molecule has 1 saturated carbocycles. The molecule has 0 amide bonds. The minimum absolute atomic E-state index is 0.0942. The van der Waals surface area contributed by atoms with Gasteiger partial charge in [0.2, 0.25) is 0 Å². The van der Waals surface area contributed by atoms with Gasteiger partial charge in [0.05, 0.1) is 15.9 Å². The molecule has 0 aromatic carbocycles. The van der Waals surface area contributed by atoms with Gasteiger partial charge in [-0.2, -0.15) is 5.10 Å². The van der Waals surface area contributed by atoms with Gasteiger partial charge in [-0.05, 0) is 35.2 Å². The first-order valence-electron chi connectivity index (χ1n) is 7.64. The molecule has 0 atom stereocenters. The first-order chi connectivity index (χ1) is 9.62. The molecule has 1 aromatic heterocycles. The predicted molar refractivity (Wildman–Crippen MR) is 84.6 cm³/mol. The summed E-state index contributed by atoms with van der Waals surface area (Å²) in [6, 6.07) is 0. The van der Waals surface area contributed by atoms with Gasteiger partial charge >= 0.3 is 0 Å². The van der Waals surface area contributed by atoms with Gasteiger partial charge in [-0.25, -0.2) is 0 Å². The van der Waals surface area contributed by atoms with Gasteiger partial charge < -0.3 is 10.4 Å². The molecular formula is C15H26BrN3O. The van der Waals surface area contributed by atoms with E-state index in [2.05, 4.69) is 33.3 Å². The van der Waals surface area contributed by atoms with E-state index in [0.29, 0.717) is 6.61 Å². The van der Waals surface area contributed by atoms with Crippen LogP contribution in [0.5, 0.6) is 0 Å². The van der Waals surface area contributed by atoms with Crippen LogP contribution in [0.1, 0.15) is 50.4 Å². The standard InChI is InChI=1S/C15H26BrN3O/c1-3-12-14(16)13(19(2)18-12)9-17-10-15(11-20)7-5-4-6-8-15/h17,20H,3-11H2,1-2H3. The van der Waals surface area contributed by atoms with Gasteiger partial charge in [0.25, 0.3) is 0 Å². The van der Waals surface area contributed by atoms with Crippen LogP contribution in [0.25, 0.3) is 0 Å². The third-order valence-corrected chi connectivity index (χ3v) is 5.46. The van der Waals surface area contributed by atoms with E-state index in [-0.39, 0.29) is 5.41 Å². The summed E-state index contributed by atoms with van der Waals surface area (Å²) in [4.78, 5) is 0. The summed E-state index contributed by atoms with van der Waals surface area (Å²) in [7, 11) is 1.99. The third-order valence-electron chi connectivity index (χ3n) is 4.55. The van der Waals surface area contributed by atoms with Crippen molar-refractivity contribution in [3.8, 4) is 0 Å². The van der Waals surface area contributed by atoms with Crippen LogP contribution in [0.2, 0.25) is 0 Å². The number of nitrogens with zero attached hydrogens (tertiary/aromatic N) is 2. The van der Waals surface area contributed by atoms with Crippen molar-refractivity contribution in [2.75, 3.05) is 13.2 Å². The average molecular weight is 344 g/mol. The SMILES string of the molecule is CCc1nn(C)c(CNCC2(CO)CCCCC2)c1Br.